The summed E-state index contributed by atoms with van der Waals surface area (Å²) in [6.45, 7) is 3.59. The average molecular weight is 194 g/mol. The zero-order valence-corrected chi connectivity index (χ0v) is 8.79. The molecule has 14 heavy (non-hydrogen) atoms. The van der Waals surface area contributed by atoms with Gasteiger partial charge in [0.15, 0.2) is 5.79 Å². The number of hydrogen-bond donors (Lipinski definition) is 0. The van der Waals surface area contributed by atoms with E-state index in [2.05, 4.69) is 18.2 Å². The lowest BCUT2D eigenvalue weighted by atomic mass is 9.89. The van der Waals surface area contributed by atoms with Crippen LogP contribution in [0.15, 0.2) is 23.8 Å². The van der Waals surface area contributed by atoms with Crippen molar-refractivity contribution < 1.29 is 9.47 Å². The highest BCUT2D eigenvalue weighted by atomic mass is 16.7. The van der Waals surface area contributed by atoms with Gasteiger partial charge in [-0.05, 0) is 19.8 Å². The molecule has 0 aromatic rings. The van der Waals surface area contributed by atoms with Crippen LogP contribution in [0.2, 0.25) is 0 Å². The van der Waals surface area contributed by atoms with Gasteiger partial charge in [-0.3, -0.25) is 0 Å². The molecule has 0 aromatic heterocycles. The third-order valence-electron chi connectivity index (χ3n) is 2.99. The highest BCUT2D eigenvalue weighted by Gasteiger charge is 2.38. The van der Waals surface area contributed by atoms with Crippen LogP contribution in [0.4, 0.5) is 0 Å². The first-order chi connectivity index (χ1) is 6.85. The van der Waals surface area contributed by atoms with Crippen molar-refractivity contribution in [2.75, 3.05) is 13.2 Å². The van der Waals surface area contributed by atoms with Crippen molar-refractivity contribution in [3.05, 3.63) is 23.8 Å². The Hall–Kier alpha value is -0.600. The number of rotatable bonds is 1. The Labute approximate surface area is 85.6 Å². The normalized spacial score (nSPS) is 26.2. The minimum Gasteiger partial charge on any atom is -0.348 e. The molecule has 0 radical (unpaired) electrons. The van der Waals surface area contributed by atoms with E-state index in [-0.39, 0.29) is 5.79 Å². The summed E-state index contributed by atoms with van der Waals surface area (Å²) in [4.78, 5) is 0. The Bertz CT molecular complexity index is 235. The quantitative estimate of drug-likeness (QED) is 0.639. The van der Waals surface area contributed by atoms with Gasteiger partial charge >= 0.3 is 0 Å². The van der Waals surface area contributed by atoms with Crippen molar-refractivity contribution in [3.63, 3.8) is 0 Å². The lowest BCUT2D eigenvalue weighted by molar-refractivity contribution is -0.171. The first-order valence-corrected chi connectivity index (χ1v) is 5.43. The van der Waals surface area contributed by atoms with Gasteiger partial charge in [-0.2, -0.15) is 0 Å². The zero-order valence-electron chi connectivity index (χ0n) is 8.79. The highest BCUT2D eigenvalue weighted by molar-refractivity contribution is 5.15. The van der Waals surface area contributed by atoms with Gasteiger partial charge in [0.05, 0.1) is 13.2 Å². The summed E-state index contributed by atoms with van der Waals surface area (Å²) in [6.07, 6.45) is 10.7. The molecule has 2 nitrogen and oxygen atoms in total. The van der Waals surface area contributed by atoms with E-state index in [1.807, 2.05) is 6.92 Å². The first kappa shape index (κ1) is 9.94. The van der Waals surface area contributed by atoms with Gasteiger partial charge in [0.25, 0.3) is 0 Å². The number of allylic oxidation sites excluding steroid dienone is 4. The monoisotopic (exact) mass is 194 g/mol. The van der Waals surface area contributed by atoms with E-state index in [1.165, 1.54) is 5.57 Å². The van der Waals surface area contributed by atoms with Crippen molar-refractivity contribution in [1.29, 1.82) is 0 Å². The largest absolute Gasteiger partial charge is 0.348 e. The molecule has 1 aliphatic heterocycles. The zero-order chi connectivity index (χ0) is 9.86. The minimum absolute atomic E-state index is 0.215. The summed E-state index contributed by atoms with van der Waals surface area (Å²) in [7, 11) is 0. The summed E-state index contributed by atoms with van der Waals surface area (Å²) >= 11 is 0. The van der Waals surface area contributed by atoms with Crippen LogP contribution in [-0.4, -0.2) is 19.0 Å². The fourth-order valence-corrected chi connectivity index (χ4v) is 2.14. The average Bonchev–Trinajstić information content (AvgIpc) is 2.66. The summed E-state index contributed by atoms with van der Waals surface area (Å²) < 4.78 is 11.3. The van der Waals surface area contributed by atoms with E-state index in [0.717, 1.165) is 38.9 Å². The third-order valence-corrected chi connectivity index (χ3v) is 2.99. The second-order valence-electron chi connectivity index (χ2n) is 3.96. The molecule has 1 saturated heterocycles. The predicted molar refractivity (Wildman–Crippen MR) is 56.0 cm³/mol. The molecule has 1 spiro atoms. The molecule has 2 aliphatic rings. The standard InChI is InChI=1S/C12H18O2/c1-2-3-4-11-5-7-12(8-6-11)13-9-10-14-12/h2-4H,5-10H2,1H3. The van der Waals surface area contributed by atoms with E-state index in [9.17, 15) is 0 Å². The topological polar surface area (TPSA) is 18.5 Å². The maximum Gasteiger partial charge on any atom is 0.169 e. The van der Waals surface area contributed by atoms with E-state index >= 15 is 0 Å². The van der Waals surface area contributed by atoms with Crippen LogP contribution in [0.25, 0.3) is 0 Å². The van der Waals surface area contributed by atoms with Crippen molar-refractivity contribution >= 4 is 0 Å². The molecule has 78 valence electrons. The van der Waals surface area contributed by atoms with Gasteiger partial charge in [0.1, 0.15) is 0 Å². The molecule has 1 aliphatic carbocycles. The summed E-state index contributed by atoms with van der Waals surface area (Å²) in [5.41, 5.74) is 1.52. The van der Waals surface area contributed by atoms with E-state index in [0.29, 0.717) is 0 Å². The van der Waals surface area contributed by atoms with Crippen molar-refractivity contribution in [2.45, 2.75) is 38.4 Å². The third kappa shape index (κ3) is 2.07. The Morgan fingerprint density at radius 3 is 2.36 bits per heavy atom. The molecule has 0 atom stereocenters. The van der Waals surface area contributed by atoms with Crippen LogP contribution in [0.3, 0.4) is 0 Å². The Balaban J connectivity index is 1.91. The Morgan fingerprint density at radius 1 is 1.14 bits per heavy atom. The lowest BCUT2D eigenvalue weighted by Crippen LogP contribution is -2.33. The molecular weight excluding hydrogens is 176 g/mol. The van der Waals surface area contributed by atoms with Gasteiger partial charge in [-0.1, -0.05) is 23.8 Å². The second kappa shape index (κ2) is 4.28. The molecule has 1 saturated carbocycles. The number of ether oxygens (including phenoxy) is 2. The fourth-order valence-electron chi connectivity index (χ4n) is 2.14. The molecule has 2 heteroatoms. The molecule has 0 unspecified atom stereocenters. The predicted octanol–water partition coefficient (Wildman–Crippen LogP) is 2.81. The van der Waals surface area contributed by atoms with Crippen molar-refractivity contribution in [3.8, 4) is 0 Å². The molecule has 0 N–H and O–H groups in total. The maximum absolute atomic E-state index is 5.67. The maximum atomic E-state index is 5.67. The summed E-state index contributed by atoms with van der Waals surface area (Å²) in [5.74, 6) is -0.215. The van der Waals surface area contributed by atoms with Crippen molar-refractivity contribution in [1.82, 2.24) is 0 Å². The molecular formula is C12H18O2. The van der Waals surface area contributed by atoms with Crippen LogP contribution in [0.1, 0.15) is 32.6 Å². The smallest absolute Gasteiger partial charge is 0.169 e. The van der Waals surface area contributed by atoms with Gasteiger partial charge in [0, 0.05) is 12.8 Å². The second-order valence-corrected chi connectivity index (χ2v) is 3.96. The van der Waals surface area contributed by atoms with Gasteiger partial charge in [0.2, 0.25) is 0 Å². The molecule has 2 fully saturated rings. The van der Waals surface area contributed by atoms with Crippen LogP contribution in [-0.2, 0) is 9.47 Å². The van der Waals surface area contributed by atoms with Crippen molar-refractivity contribution in [2.24, 2.45) is 0 Å². The van der Waals surface area contributed by atoms with E-state index in [1.54, 1.807) is 0 Å². The van der Waals surface area contributed by atoms with E-state index in [4.69, 9.17) is 9.47 Å². The first-order valence-electron chi connectivity index (χ1n) is 5.43. The van der Waals surface area contributed by atoms with Crippen LogP contribution < -0.4 is 0 Å². The Morgan fingerprint density at radius 2 is 1.79 bits per heavy atom. The van der Waals surface area contributed by atoms with E-state index < -0.39 is 0 Å². The minimum atomic E-state index is -0.215. The highest BCUT2D eigenvalue weighted by Crippen LogP contribution is 2.37. The SMILES string of the molecule is CC=CC=C1CCC2(CC1)OCCO2. The molecule has 0 aromatic carbocycles. The molecule has 0 amide bonds. The fraction of sp³-hybridized carbons (Fsp3) is 0.667. The summed E-state index contributed by atoms with van der Waals surface area (Å²) in [6, 6.07) is 0. The van der Waals surface area contributed by atoms with Crippen LogP contribution in [0, 0.1) is 0 Å². The number of hydrogen-bond acceptors (Lipinski definition) is 2. The van der Waals surface area contributed by atoms with Gasteiger partial charge in [-0.15, -0.1) is 0 Å². The molecule has 0 bridgehead atoms. The Kier molecular flexibility index (Phi) is 3.04. The summed E-state index contributed by atoms with van der Waals surface area (Å²) in [5, 5.41) is 0. The van der Waals surface area contributed by atoms with Crippen LogP contribution >= 0.6 is 0 Å². The van der Waals surface area contributed by atoms with Crippen LogP contribution in [0.5, 0.6) is 0 Å². The van der Waals surface area contributed by atoms with Gasteiger partial charge < -0.3 is 9.47 Å². The lowest BCUT2D eigenvalue weighted by Gasteiger charge is -2.32. The van der Waals surface area contributed by atoms with Gasteiger partial charge in [-0.25, -0.2) is 0 Å². The molecule has 1 heterocycles. The molecule has 2 rings (SSSR count).